The molecule has 35 heavy (non-hydrogen) atoms. The van der Waals surface area contributed by atoms with E-state index in [9.17, 15) is 14.4 Å². The quantitative estimate of drug-likeness (QED) is 0.468. The van der Waals surface area contributed by atoms with Crippen molar-refractivity contribution in [2.24, 2.45) is 5.92 Å². The number of benzene rings is 1. The molecular weight excluding hydrogens is 442 g/mol. The third-order valence-electron chi connectivity index (χ3n) is 5.30. The highest BCUT2D eigenvalue weighted by Gasteiger charge is 2.37. The van der Waals surface area contributed by atoms with Crippen molar-refractivity contribution in [3.63, 3.8) is 0 Å². The fourth-order valence-electron chi connectivity index (χ4n) is 3.76. The first-order chi connectivity index (χ1) is 16.0. The molecule has 0 spiro atoms. The summed E-state index contributed by atoms with van der Waals surface area (Å²) in [5.74, 6) is -0.534. The minimum absolute atomic E-state index is 0.118. The molecule has 7 nitrogen and oxygen atoms in total. The molecule has 1 rings (SSSR count). The molecule has 0 saturated heterocycles. The van der Waals surface area contributed by atoms with Gasteiger partial charge in [0, 0.05) is 12.1 Å². The van der Waals surface area contributed by atoms with Gasteiger partial charge in [0.05, 0.1) is 0 Å². The van der Waals surface area contributed by atoms with Gasteiger partial charge in [-0.2, -0.15) is 0 Å². The zero-order valence-corrected chi connectivity index (χ0v) is 23.2. The molecule has 0 heterocycles. The van der Waals surface area contributed by atoms with Gasteiger partial charge in [-0.15, -0.1) is 6.58 Å². The summed E-state index contributed by atoms with van der Waals surface area (Å²) in [5, 5.41) is 5.78. The number of carbonyl (C=O) groups is 3. The normalized spacial score (nSPS) is 13.6. The molecule has 0 bridgehead atoms. The highest BCUT2D eigenvalue weighted by atomic mass is 16.6. The third-order valence-corrected chi connectivity index (χ3v) is 5.30. The maximum absolute atomic E-state index is 14.0. The Morgan fingerprint density at radius 2 is 1.69 bits per heavy atom. The molecule has 2 unspecified atom stereocenters. The van der Waals surface area contributed by atoms with E-state index in [4.69, 9.17) is 4.74 Å². The SMILES string of the molecule is C=CCN(C(=O)C(CC(C)C)NC(=O)OC(C)(C)C)C(C(=O)NC(C)(C)C)c1cccc(C)c1C. The first-order valence-corrected chi connectivity index (χ1v) is 12.3. The van der Waals surface area contributed by atoms with Crippen LogP contribution in [0, 0.1) is 19.8 Å². The zero-order valence-electron chi connectivity index (χ0n) is 23.2. The molecule has 0 fully saturated rings. The minimum atomic E-state index is -0.894. The van der Waals surface area contributed by atoms with Gasteiger partial charge in [-0.05, 0) is 84.4 Å². The molecule has 0 aliphatic rings. The van der Waals surface area contributed by atoms with Gasteiger partial charge in [0.15, 0.2) is 0 Å². The summed E-state index contributed by atoms with van der Waals surface area (Å²) in [5.41, 5.74) is 1.49. The number of hydrogen-bond donors (Lipinski definition) is 2. The lowest BCUT2D eigenvalue weighted by molar-refractivity contribution is -0.142. The van der Waals surface area contributed by atoms with Gasteiger partial charge >= 0.3 is 6.09 Å². The number of ether oxygens (including phenoxy) is 1. The summed E-state index contributed by atoms with van der Waals surface area (Å²) in [6.07, 6.45) is 1.32. The number of aryl methyl sites for hydroxylation is 1. The number of rotatable bonds is 9. The Morgan fingerprint density at radius 1 is 1.09 bits per heavy atom. The molecule has 0 saturated carbocycles. The van der Waals surface area contributed by atoms with Crippen molar-refractivity contribution in [1.82, 2.24) is 15.5 Å². The van der Waals surface area contributed by atoms with Gasteiger partial charge in [0.25, 0.3) is 0 Å². The predicted octanol–water partition coefficient (Wildman–Crippen LogP) is 5.21. The number of carbonyl (C=O) groups excluding carboxylic acids is 3. The molecule has 7 heteroatoms. The third kappa shape index (κ3) is 9.74. The van der Waals surface area contributed by atoms with E-state index in [1.54, 1.807) is 26.8 Å². The summed E-state index contributed by atoms with van der Waals surface area (Å²) in [4.78, 5) is 41.7. The van der Waals surface area contributed by atoms with Crippen LogP contribution in [0.15, 0.2) is 30.9 Å². The lowest BCUT2D eigenvalue weighted by atomic mass is 9.93. The van der Waals surface area contributed by atoms with Crippen molar-refractivity contribution >= 4 is 17.9 Å². The number of nitrogens with one attached hydrogen (secondary N) is 2. The Labute approximate surface area is 211 Å². The second-order valence-electron chi connectivity index (χ2n) is 11.5. The maximum Gasteiger partial charge on any atom is 0.408 e. The molecule has 2 N–H and O–H groups in total. The average molecular weight is 488 g/mol. The average Bonchev–Trinajstić information content (AvgIpc) is 2.66. The van der Waals surface area contributed by atoms with Crippen molar-refractivity contribution in [2.45, 2.75) is 98.9 Å². The van der Waals surface area contributed by atoms with Crippen molar-refractivity contribution in [3.8, 4) is 0 Å². The molecule has 3 amide bonds. The van der Waals surface area contributed by atoms with E-state index in [0.29, 0.717) is 6.42 Å². The molecule has 2 atom stereocenters. The Hall–Kier alpha value is -2.83. The number of alkyl carbamates (subject to hydrolysis) is 1. The van der Waals surface area contributed by atoms with E-state index in [2.05, 4.69) is 17.2 Å². The highest BCUT2D eigenvalue weighted by Crippen LogP contribution is 2.28. The maximum atomic E-state index is 14.0. The molecule has 0 radical (unpaired) electrons. The number of amides is 3. The minimum Gasteiger partial charge on any atom is -0.444 e. The van der Waals surface area contributed by atoms with Crippen LogP contribution in [0.4, 0.5) is 4.79 Å². The van der Waals surface area contributed by atoms with Crippen LogP contribution in [0.2, 0.25) is 0 Å². The summed E-state index contributed by atoms with van der Waals surface area (Å²) in [6.45, 7) is 22.8. The van der Waals surface area contributed by atoms with Gasteiger partial charge in [0.1, 0.15) is 17.7 Å². The van der Waals surface area contributed by atoms with E-state index in [1.165, 1.54) is 4.90 Å². The highest BCUT2D eigenvalue weighted by molar-refractivity contribution is 5.92. The van der Waals surface area contributed by atoms with Gasteiger partial charge < -0.3 is 20.3 Å². The van der Waals surface area contributed by atoms with Crippen molar-refractivity contribution in [2.75, 3.05) is 6.54 Å². The fraction of sp³-hybridized carbons (Fsp3) is 0.607. The largest absolute Gasteiger partial charge is 0.444 e. The standard InChI is InChI=1S/C28H45N3O4/c1-12-16-31(25(33)22(17-18(2)3)29-26(34)35-28(9,10)11)23(24(32)30-27(6,7)8)21-15-13-14-19(4)20(21)5/h12-15,18,22-23H,1,16-17H2,2-11H3,(H,29,34)(H,30,32). The van der Waals surface area contributed by atoms with Crippen LogP contribution in [0.25, 0.3) is 0 Å². The van der Waals surface area contributed by atoms with Gasteiger partial charge in [-0.25, -0.2) is 4.79 Å². The van der Waals surface area contributed by atoms with Crippen LogP contribution in [0.5, 0.6) is 0 Å². The second-order valence-corrected chi connectivity index (χ2v) is 11.5. The molecule has 0 aliphatic carbocycles. The Morgan fingerprint density at radius 3 is 2.17 bits per heavy atom. The zero-order chi connectivity index (χ0) is 27.1. The van der Waals surface area contributed by atoms with E-state index in [0.717, 1.165) is 16.7 Å². The summed E-state index contributed by atoms with van der Waals surface area (Å²) in [6, 6.07) is 3.98. The molecule has 0 aliphatic heterocycles. The monoisotopic (exact) mass is 487 g/mol. The van der Waals surface area contributed by atoms with Crippen LogP contribution in [0.3, 0.4) is 0 Å². The Balaban J connectivity index is 3.56. The van der Waals surface area contributed by atoms with Crippen LogP contribution >= 0.6 is 0 Å². The second kappa shape index (κ2) is 12.2. The van der Waals surface area contributed by atoms with Crippen LogP contribution in [-0.4, -0.2) is 46.5 Å². The molecule has 196 valence electrons. The summed E-state index contributed by atoms with van der Waals surface area (Å²) < 4.78 is 5.41. The van der Waals surface area contributed by atoms with E-state index in [1.807, 2.05) is 66.7 Å². The first kappa shape index (κ1) is 30.2. The lowest BCUT2D eigenvalue weighted by Gasteiger charge is -2.36. The fourth-order valence-corrected chi connectivity index (χ4v) is 3.76. The van der Waals surface area contributed by atoms with E-state index >= 15 is 0 Å². The lowest BCUT2D eigenvalue weighted by Crippen LogP contribution is -2.55. The van der Waals surface area contributed by atoms with Crippen LogP contribution in [0.1, 0.15) is 84.5 Å². The summed E-state index contributed by atoms with van der Waals surface area (Å²) in [7, 11) is 0. The van der Waals surface area contributed by atoms with Crippen molar-refractivity contribution < 1.29 is 19.1 Å². The molecule has 0 aromatic heterocycles. The molecule has 1 aromatic rings. The smallest absolute Gasteiger partial charge is 0.408 e. The van der Waals surface area contributed by atoms with Gasteiger partial charge in [0.2, 0.25) is 11.8 Å². The van der Waals surface area contributed by atoms with Crippen molar-refractivity contribution in [3.05, 3.63) is 47.5 Å². The first-order valence-electron chi connectivity index (χ1n) is 12.3. The van der Waals surface area contributed by atoms with Crippen LogP contribution in [-0.2, 0) is 14.3 Å². The molecule has 1 aromatic carbocycles. The van der Waals surface area contributed by atoms with E-state index in [-0.39, 0.29) is 24.3 Å². The predicted molar refractivity (Wildman–Crippen MR) is 141 cm³/mol. The van der Waals surface area contributed by atoms with Gasteiger partial charge in [-0.1, -0.05) is 38.1 Å². The van der Waals surface area contributed by atoms with E-state index < -0.39 is 29.3 Å². The van der Waals surface area contributed by atoms with Crippen molar-refractivity contribution in [1.29, 1.82) is 0 Å². The Bertz CT molecular complexity index is 910. The number of nitrogens with zero attached hydrogens (tertiary/aromatic N) is 1. The summed E-state index contributed by atoms with van der Waals surface area (Å²) >= 11 is 0. The van der Waals surface area contributed by atoms with Gasteiger partial charge in [-0.3, -0.25) is 9.59 Å². The molecular formula is C28H45N3O4. The van der Waals surface area contributed by atoms with Crippen LogP contribution < -0.4 is 10.6 Å². The Kier molecular flexibility index (Phi) is 10.6. The topological polar surface area (TPSA) is 87.7 Å². The number of hydrogen-bond acceptors (Lipinski definition) is 4.